The Hall–Kier alpha value is -2.17. The molecule has 4 nitrogen and oxygen atoms in total. The van der Waals surface area contributed by atoms with Crippen LogP contribution in [-0.4, -0.2) is 9.97 Å². The van der Waals surface area contributed by atoms with Gasteiger partial charge in [0.25, 0.3) is 0 Å². The molecular formula is C15H18FN3O. The van der Waals surface area contributed by atoms with Crippen LogP contribution in [0, 0.1) is 19.7 Å². The molecule has 106 valence electrons. The number of aromatic nitrogens is 2. The molecule has 1 aromatic heterocycles. The van der Waals surface area contributed by atoms with E-state index in [1.165, 1.54) is 6.07 Å². The standard InChI is InChI=1S/C15H18FN3O/c1-4-5-13-18-14(17)10(3)15(19-13)20-11-6-7-12(16)9(2)8-11/h6-8H,4-5H2,1-3H3,(H2,17,18,19). The summed E-state index contributed by atoms with van der Waals surface area (Å²) in [4.78, 5) is 8.59. The number of nitrogens with two attached hydrogens (primary N) is 1. The quantitative estimate of drug-likeness (QED) is 0.926. The van der Waals surface area contributed by atoms with Gasteiger partial charge in [0.1, 0.15) is 23.2 Å². The molecule has 0 aliphatic heterocycles. The molecule has 0 fully saturated rings. The van der Waals surface area contributed by atoms with Gasteiger partial charge in [0.15, 0.2) is 0 Å². The SMILES string of the molecule is CCCc1nc(N)c(C)c(Oc2ccc(F)c(C)c2)n1. The summed E-state index contributed by atoms with van der Waals surface area (Å²) in [7, 11) is 0. The first-order valence-electron chi connectivity index (χ1n) is 6.58. The Morgan fingerprint density at radius 3 is 2.65 bits per heavy atom. The van der Waals surface area contributed by atoms with Gasteiger partial charge in [0, 0.05) is 6.42 Å². The van der Waals surface area contributed by atoms with E-state index < -0.39 is 0 Å². The molecule has 0 atom stereocenters. The van der Waals surface area contributed by atoms with Crippen LogP contribution in [0.4, 0.5) is 10.2 Å². The van der Waals surface area contributed by atoms with Crippen molar-refractivity contribution in [2.24, 2.45) is 0 Å². The van der Waals surface area contributed by atoms with Crippen LogP contribution in [0.15, 0.2) is 18.2 Å². The molecule has 5 heteroatoms. The molecule has 0 aliphatic rings. The van der Waals surface area contributed by atoms with E-state index in [-0.39, 0.29) is 5.82 Å². The predicted molar refractivity (Wildman–Crippen MR) is 76.4 cm³/mol. The lowest BCUT2D eigenvalue weighted by Gasteiger charge is -2.11. The Kier molecular flexibility index (Phi) is 4.17. The van der Waals surface area contributed by atoms with Crippen molar-refractivity contribution in [3.63, 3.8) is 0 Å². The Labute approximate surface area is 117 Å². The van der Waals surface area contributed by atoms with Gasteiger partial charge in [-0.05, 0) is 44.0 Å². The average molecular weight is 275 g/mol. The van der Waals surface area contributed by atoms with E-state index in [1.807, 2.05) is 6.92 Å². The molecule has 0 aliphatic carbocycles. The highest BCUT2D eigenvalue weighted by atomic mass is 19.1. The predicted octanol–water partition coefficient (Wildman–Crippen LogP) is 3.56. The second kappa shape index (κ2) is 5.86. The second-order valence-corrected chi connectivity index (χ2v) is 4.72. The minimum atomic E-state index is -0.261. The minimum absolute atomic E-state index is 0.261. The third kappa shape index (κ3) is 3.04. The van der Waals surface area contributed by atoms with Gasteiger partial charge in [-0.2, -0.15) is 4.98 Å². The first kappa shape index (κ1) is 14.2. The van der Waals surface area contributed by atoms with Gasteiger partial charge < -0.3 is 10.5 Å². The summed E-state index contributed by atoms with van der Waals surface area (Å²) in [5, 5.41) is 0. The highest BCUT2D eigenvalue weighted by Crippen LogP contribution is 2.27. The molecule has 1 heterocycles. The minimum Gasteiger partial charge on any atom is -0.439 e. The summed E-state index contributed by atoms with van der Waals surface area (Å²) in [6.07, 6.45) is 1.67. The molecule has 2 aromatic rings. The summed E-state index contributed by atoms with van der Waals surface area (Å²) >= 11 is 0. The molecule has 2 N–H and O–H groups in total. The molecule has 20 heavy (non-hydrogen) atoms. The van der Waals surface area contributed by atoms with Gasteiger partial charge in [-0.1, -0.05) is 6.92 Å². The number of nitrogens with zero attached hydrogens (tertiary/aromatic N) is 2. The number of hydrogen-bond donors (Lipinski definition) is 1. The third-order valence-electron chi connectivity index (χ3n) is 3.00. The number of rotatable bonds is 4. The van der Waals surface area contributed by atoms with Crippen molar-refractivity contribution in [2.75, 3.05) is 5.73 Å². The van der Waals surface area contributed by atoms with E-state index >= 15 is 0 Å². The molecule has 2 rings (SSSR count). The smallest absolute Gasteiger partial charge is 0.227 e. The van der Waals surface area contributed by atoms with E-state index in [4.69, 9.17) is 10.5 Å². The Bertz CT molecular complexity index is 629. The van der Waals surface area contributed by atoms with Crippen LogP contribution in [0.25, 0.3) is 0 Å². The number of anilines is 1. The lowest BCUT2D eigenvalue weighted by Crippen LogP contribution is -2.05. The van der Waals surface area contributed by atoms with Crippen molar-refractivity contribution in [3.05, 3.63) is 41.0 Å². The monoisotopic (exact) mass is 275 g/mol. The lowest BCUT2D eigenvalue weighted by molar-refractivity contribution is 0.452. The van der Waals surface area contributed by atoms with E-state index in [1.54, 1.807) is 26.0 Å². The summed E-state index contributed by atoms with van der Waals surface area (Å²) in [5.74, 6) is 1.77. The van der Waals surface area contributed by atoms with Crippen molar-refractivity contribution in [2.45, 2.75) is 33.6 Å². The van der Waals surface area contributed by atoms with Crippen LogP contribution in [0.2, 0.25) is 0 Å². The number of aryl methyl sites for hydroxylation is 2. The van der Waals surface area contributed by atoms with Crippen LogP contribution < -0.4 is 10.5 Å². The van der Waals surface area contributed by atoms with Gasteiger partial charge in [-0.15, -0.1) is 0 Å². The third-order valence-corrected chi connectivity index (χ3v) is 3.00. The van der Waals surface area contributed by atoms with Crippen molar-refractivity contribution in [1.82, 2.24) is 9.97 Å². The van der Waals surface area contributed by atoms with Gasteiger partial charge in [0.05, 0.1) is 5.56 Å². The first-order valence-corrected chi connectivity index (χ1v) is 6.58. The van der Waals surface area contributed by atoms with Crippen molar-refractivity contribution >= 4 is 5.82 Å². The molecule has 0 bridgehead atoms. The van der Waals surface area contributed by atoms with Crippen molar-refractivity contribution in [1.29, 1.82) is 0 Å². The molecule has 1 aromatic carbocycles. The number of nitrogen functional groups attached to an aromatic ring is 1. The van der Waals surface area contributed by atoms with E-state index in [0.29, 0.717) is 34.4 Å². The highest BCUT2D eigenvalue weighted by Gasteiger charge is 2.11. The van der Waals surface area contributed by atoms with E-state index in [9.17, 15) is 4.39 Å². The molecule has 0 amide bonds. The first-order chi connectivity index (χ1) is 9.51. The van der Waals surface area contributed by atoms with Gasteiger partial charge in [-0.25, -0.2) is 9.37 Å². The summed E-state index contributed by atoms with van der Waals surface area (Å²) in [5.41, 5.74) is 7.08. The summed E-state index contributed by atoms with van der Waals surface area (Å²) in [6, 6.07) is 4.57. The Balaban J connectivity index is 2.34. The number of halogens is 1. The summed E-state index contributed by atoms with van der Waals surface area (Å²) in [6.45, 7) is 5.53. The zero-order chi connectivity index (χ0) is 14.7. The fraction of sp³-hybridized carbons (Fsp3) is 0.333. The maximum atomic E-state index is 13.2. The van der Waals surface area contributed by atoms with Gasteiger partial charge in [-0.3, -0.25) is 0 Å². The van der Waals surface area contributed by atoms with Gasteiger partial charge >= 0.3 is 0 Å². The molecule has 0 saturated carbocycles. The van der Waals surface area contributed by atoms with Crippen LogP contribution in [0.5, 0.6) is 11.6 Å². The maximum Gasteiger partial charge on any atom is 0.227 e. The topological polar surface area (TPSA) is 61.0 Å². The number of benzene rings is 1. The lowest BCUT2D eigenvalue weighted by atomic mass is 10.2. The average Bonchev–Trinajstić information content (AvgIpc) is 2.40. The number of ether oxygens (including phenoxy) is 1. The molecule has 0 saturated heterocycles. The fourth-order valence-corrected chi connectivity index (χ4v) is 1.79. The van der Waals surface area contributed by atoms with Crippen LogP contribution in [0.1, 0.15) is 30.3 Å². The van der Waals surface area contributed by atoms with E-state index in [0.717, 1.165) is 12.8 Å². The summed E-state index contributed by atoms with van der Waals surface area (Å²) < 4.78 is 19.0. The Morgan fingerprint density at radius 1 is 1.25 bits per heavy atom. The fourth-order valence-electron chi connectivity index (χ4n) is 1.79. The molecular weight excluding hydrogens is 257 g/mol. The largest absolute Gasteiger partial charge is 0.439 e. The van der Waals surface area contributed by atoms with Crippen LogP contribution >= 0.6 is 0 Å². The van der Waals surface area contributed by atoms with Gasteiger partial charge in [0.2, 0.25) is 5.88 Å². The van der Waals surface area contributed by atoms with Crippen LogP contribution in [0.3, 0.4) is 0 Å². The molecule has 0 radical (unpaired) electrons. The molecule has 0 unspecified atom stereocenters. The van der Waals surface area contributed by atoms with E-state index in [2.05, 4.69) is 9.97 Å². The van der Waals surface area contributed by atoms with Crippen molar-refractivity contribution in [3.8, 4) is 11.6 Å². The normalized spacial score (nSPS) is 10.6. The van der Waals surface area contributed by atoms with Crippen molar-refractivity contribution < 1.29 is 9.13 Å². The Morgan fingerprint density at radius 2 is 2.00 bits per heavy atom. The second-order valence-electron chi connectivity index (χ2n) is 4.72. The zero-order valence-corrected chi connectivity index (χ0v) is 11.9. The molecule has 0 spiro atoms. The van der Waals surface area contributed by atoms with Crippen LogP contribution in [-0.2, 0) is 6.42 Å². The zero-order valence-electron chi connectivity index (χ0n) is 11.9. The maximum absolute atomic E-state index is 13.2. The number of hydrogen-bond acceptors (Lipinski definition) is 4. The highest BCUT2D eigenvalue weighted by molar-refractivity contribution is 5.46.